The molecular weight excluding hydrogens is 434 g/mol. The highest BCUT2D eigenvalue weighted by Gasteiger charge is 2.27. The molecule has 1 saturated carbocycles. The minimum Gasteiger partial charge on any atom is -0.381 e. The summed E-state index contributed by atoms with van der Waals surface area (Å²) in [5.74, 6) is 1.35. The van der Waals surface area contributed by atoms with Crippen LogP contribution in [-0.2, 0) is 9.47 Å². The Hall–Kier alpha value is -2.76. The maximum Gasteiger partial charge on any atom is 0.230 e. The van der Waals surface area contributed by atoms with Crippen LogP contribution in [0.2, 0.25) is 0 Å². The Balaban J connectivity index is 1.13. The second-order valence-electron chi connectivity index (χ2n) is 9.50. The molecule has 182 valence electrons. The van der Waals surface area contributed by atoms with Gasteiger partial charge in [0.2, 0.25) is 5.95 Å². The number of hydrogen-bond donors (Lipinski definition) is 3. The summed E-state index contributed by atoms with van der Waals surface area (Å²) < 4.78 is 13.0. The average molecular weight is 468 g/mol. The van der Waals surface area contributed by atoms with Crippen LogP contribution in [0.4, 0.5) is 17.5 Å². The highest BCUT2D eigenvalue weighted by atomic mass is 16.5. The third kappa shape index (κ3) is 4.73. The van der Waals surface area contributed by atoms with Crippen LogP contribution in [0.3, 0.4) is 0 Å². The third-order valence-corrected chi connectivity index (χ3v) is 7.32. The number of morpholine rings is 1. The largest absolute Gasteiger partial charge is 0.381 e. The first-order valence-corrected chi connectivity index (χ1v) is 12.5. The zero-order valence-electron chi connectivity index (χ0n) is 19.4. The number of aromatic amines is 1. The van der Waals surface area contributed by atoms with E-state index in [-0.39, 0.29) is 0 Å². The first-order valence-electron chi connectivity index (χ1n) is 12.5. The molecule has 3 fully saturated rings. The van der Waals surface area contributed by atoms with E-state index in [4.69, 9.17) is 14.5 Å². The van der Waals surface area contributed by atoms with Crippen LogP contribution in [-0.4, -0.2) is 86.4 Å². The molecule has 3 aliphatic rings. The Bertz CT molecular complexity index is 1080. The molecule has 3 aromatic rings. The average Bonchev–Trinajstić information content (AvgIpc) is 3.56. The quantitative estimate of drug-likeness (QED) is 0.503. The van der Waals surface area contributed by atoms with Crippen molar-refractivity contribution < 1.29 is 9.47 Å². The van der Waals surface area contributed by atoms with Crippen molar-refractivity contribution in [1.82, 2.24) is 34.8 Å². The Morgan fingerprint density at radius 2 is 1.68 bits per heavy atom. The summed E-state index contributed by atoms with van der Waals surface area (Å²) in [4.78, 5) is 12.0. The minimum absolute atomic E-state index is 0.381. The highest BCUT2D eigenvalue weighted by Crippen LogP contribution is 2.29. The first kappa shape index (κ1) is 21.8. The number of anilines is 3. The number of aromatic nitrogens is 6. The van der Waals surface area contributed by atoms with Crippen molar-refractivity contribution in [2.45, 2.75) is 56.7 Å². The van der Waals surface area contributed by atoms with Gasteiger partial charge in [-0.2, -0.15) is 15.2 Å². The predicted molar refractivity (Wildman–Crippen MR) is 128 cm³/mol. The van der Waals surface area contributed by atoms with Gasteiger partial charge in [0, 0.05) is 44.6 Å². The first-order chi connectivity index (χ1) is 16.8. The standard InChI is InChI=1S/C23H33N9O2/c1-3-18(31-7-11-34-12-8-31)4-2-16(1)26-22-21-20(14-24-30-21)28-23(29-22)27-17-13-25-32(15-17)19-5-9-33-10-6-19/h13-16,18-19H,1-12H2,(H,24,30)(H2,26,27,28,29). The van der Waals surface area contributed by atoms with Crippen LogP contribution in [0.25, 0.3) is 11.0 Å². The number of nitrogens with one attached hydrogen (secondary N) is 3. The third-order valence-electron chi connectivity index (χ3n) is 7.32. The van der Waals surface area contributed by atoms with Gasteiger partial charge in [0.1, 0.15) is 11.0 Å². The molecule has 0 atom stereocenters. The minimum atomic E-state index is 0.381. The Kier molecular flexibility index (Phi) is 6.30. The lowest BCUT2D eigenvalue weighted by molar-refractivity contribution is 0.00791. The SMILES string of the molecule is c1nn(C2CCOCC2)cc1Nc1nc(NC2CCC(N3CCOCC3)CC2)c2[nH]ncc2n1. The lowest BCUT2D eigenvalue weighted by Gasteiger charge is -2.39. The summed E-state index contributed by atoms with van der Waals surface area (Å²) in [6, 6.07) is 1.44. The van der Waals surface area contributed by atoms with Gasteiger partial charge in [-0.1, -0.05) is 0 Å². The van der Waals surface area contributed by atoms with Gasteiger partial charge in [0.15, 0.2) is 5.82 Å². The van der Waals surface area contributed by atoms with Crippen molar-refractivity contribution in [3.63, 3.8) is 0 Å². The van der Waals surface area contributed by atoms with Crippen LogP contribution in [0.5, 0.6) is 0 Å². The van der Waals surface area contributed by atoms with E-state index in [0.29, 0.717) is 24.1 Å². The van der Waals surface area contributed by atoms with E-state index in [2.05, 4.69) is 35.8 Å². The molecule has 11 heteroatoms. The van der Waals surface area contributed by atoms with Gasteiger partial charge in [-0.3, -0.25) is 14.7 Å². The smallest absolute Gasteiger partial charge is 0.230 e. The van der Waals surface area contributed by atoms with Gasteiger partial charge in [-0.25, -0.2) is 4.98 Å². The van der Waals surface area contributed by atoms with Crippen LogP contribution in [0, 0.1) is 0 Å². The van der Waals surface area contributed by atoms with Gasteiger partial charge in [-0.05, 0) is 38.5 Å². The molecule has 0 radical (unpaired) electrons. The van der Waals surface area contributed by atoms with E-state index in [1.165, 1.54) is 12.8 Å². The Morgan fingerprint density at radius 1 is 0.882 bits per heavy atom. The number of rotatable bonds is 6. The fourth-order valence-electron chi connectivity index (χ4n) is 5.40. The van der Waals surface area contributed by atoms with Crippen LogP contribution >= 0.6 is 0 Å². The molecule has 5 heterocycles. The molecule has 2 saturated heterocycles. The predicted octanol–water partition coefficient (Wildman–Crippen LogP) is 2.70. The van der Waals surface area contributed by atoms with Crippen molar-refractivity contribution >= 4 is 28.5 Å². The number of fused-ring (bicyclic) bond motifs is 1. The normalized spacial score (nSPS) is 24.9. The molecule has 3 N–H and O–H groups in total. The van der Waals surface area contributed by atoms with Gasteiger partial charge in [0.25, 0.3) is 0 Å². The fraction of sp³-hybridized carbons (Fsp3) is 0.652. The van der Waals surface area contributed by atoms with Crippen molar-refractivity contribution in [1.29, 1.82) is 0 Å². The summed E-state index contributed by atoms with van der Waals surface area (Å²) in [5.41, 5.74) is 2.52. The monoisotopic (exact) mass is 467 g/mol. The van der Waals surface area contributed by atoms with Crippen LogP contribution in [0.15, 0.2) is 18.6 Å². The summed E-state index contributed by atoms with van der Waals surface area (Å²) in [6.07, 6.45) is 12.2. The van der Waals surface area contributed by atoms with Crippen molar-refractivity contribution in [2.75, 3.05) is 50.2 Å². The van der Waals surface area contributed by atoms with E-state index in [0.717, 1.165) is 87.7 Å². The second kappa shape index (κ2) is 9.85. The number of nitrogens with zero attached hydrogens (tertiary/aromatic N) is 6. The molecule has 34 heavy (non-hydrogen) atoms. The van der Waals surface area contributed by atoms with Crippen LogP contribution < -0.4 is 10.6 Å². The molecular formula is C23H33N9O2. The van der Waals surface area contributed by atoms with E-state index in [1.807, 2.05) is 17.1 Å². The summed E-state index contributed by atoms with van der Waals surface area (Å²) >= 11 is 0. The van der Waals surface area contributed by atoms with Gasteiger partial charge < -0.3 is 20.1 Å². The van der Waals surface area contributed by atoms with Crippen molar-refractivity contribution in [2.24, 2.45) is 0 Å². The van der Waals surface area contributed by atoms with Gasteiger partial charge in [0.05, 0.1) is 37.3 Å². The molecule has 0 spiro atoms. The molecule has 11 nitrogen and oxygen atoms in total. The lowest BCUT2D eigenvalue weighted by Crippen LogP contribution is -2.46. The summed E-state index contributed by atoms with van der Waals surface area (Å²) in [5, 5.41) is 18.8. The van der Waals surface area contributed by atoms with Gasteiger partial charge in [-0.15, -0.1) is 0 Å². The van der Waals surface area contributed by atoms with Gasteiger partial charge >= 0.3 is 0 Å². The maximum atomic E-state index is 5.52. The number of ether oxygens (including phenoxy) is 2. The maximum absolute atomic E-state index is 5.52. The van der Waals surface area contributed by atoms with E-state index < -0.39 is 0 Å². The second-order valence-corrected chi connectivity index (χ2v) is 9.50. The lowest BCUT2D eigenvalue weighted by atomic mass is 9.90. The van der Waals surface area contributed by atoms with Crippen molar-refractivity contribution in [3.8, 4) is 0 Å². The zero-order valence-corrected chi connectivity index (χ0v) is 19.4. The molecule has 0 amide bonds. The Labute approximate surface area is 198 Å². The molecule has 6 rings (SSSR count). The summed E-state index contributed by atoms with van der Waals surface area (Å²) in [6.45, 7) is 5.42. The van der Waals surface area contributed by atoms with E-state index in [1.54, 1.807) is 6.20 Å². The number of hydrogen-bond acceptors (Lipinski definition) is 9. The zero-order chi connectivity index (χ0) is 22.7. The van der Waals surface area contributed by atoms with E-state index in [9.17, 15) is 0 Å². The molecule has 2 aliphatic heterocycles. The fourth-order valence-corrected chi connectivity index (χ4v) is 5.40. The molecule has 1 aliphatic carbocycles. The van der Waals surface area contributed by atoms with Crippen LogP contribution in [0.1, 0.15) is 44.6 Å². The summed E-state index contributed by atoms with van der Waals surface area (Å²) in [7, 11) is 0. The molecule has 0 unspecified atom stereocenters. The number of H-pyrrole nitrogens is 1. The molecule has 0 aromatic carbocycles. The molecule has 3 aromatic heterocycles. The molecule has 0 bridgehead atoms. The highest BCUT2D eigenvalue weighted by molar-refractivity contribution is 5.86. The van der Waals surface area contributed by atoms with E-state index >= 15 is 0 Å². The van der Waals surface area contributed by atoms with Crippen molar-refractivity contribution in [3.05, 3.63) is 18.6 Å². The topological polar surface area (TPSA) is 118 Å². The Morgan fingerprint density at radius 3 is 2.50 bits per heavy atom.